The number of anilines is 1. The van der Waals surface area contributed by atoms with Gasteiger partial charge in [-0.25, -0.2) is 4.98 Å². The van der Waals surface area contributed by atoms with Crippen molar-refractivity contribution in [2.75, 3.05) is 11.9 Å². The second-order valence-corrected chi connectivity index (χ2v) is 4.19. The normalized spacial score (nSPS) is 12.4. The van der Waals surface area contributed by atoms with Crippen LogP contribution < -0.4 is 5.32 Å². The van der Waals surface area contributed by atoms with E-state index in [4.69, 9.17) is 5.11 Å². The van der Waals surface area contributed by atoms with Gasteiger partial charge in [0, 0.05) is 6.54 Å². The minimum atomic E-state index is -0.460. The first kappa shape index (κ1) is 11.9. The molecule has 1 rings (SSSR count). The summed E-state index contributed by atoms with van der Waals surface area (Å²) in [5.74, 6) is 0. The van der Waals surface area contributed by atoms with Crippen LogP contribution in [-0.4, -0.2) is 27.7 Å². The first-order valence-electron chi connectivity index (χ1n) is 4.61. The summed E-state index contributed by atoms with van der Waals surface area (Å²) in [7, 11) is 0. The molecule has 15 heavy (non-hydrogen) atoms. The van der Waals surface area contributed by atoms with E-state index < -0.39 is 4.92 Å². The van der Waals surface area contributed by atoms with E-state index in [9.17, 15) is 10.1 Å². The summed E-state index contributed by atoms with van der Waals surface area (Å²) in [6.07, 6.45) is 2.45. The first-order chi connectivity index (χ1) is 7.09. The van der Waals surface area contributed by atoms with Gasteiger partial charge in [-0.05, 0) is 31.1 Å². The molecule has 1 heterocycles. The maximum Gasteiger partial charge on any atom is 0.345 e. The van der Waals surface area contributed by atoms with Crippen molar-refractivity contribution < 1.29 is 10.0 Å². The van der Waals surface area contributed by atoms with Crippen molar-refractivity contribution in [3.05, 3.63) is 16.3 Å². The number of hydrogen-bond donors (Lipinski definition) is 2. The van der Waals surface area contributed by atoms with Gasteiger partial charge < -0.3 is 10.4 Å². The Morgan fingerprint density at radius 2 is 2.53 bits per heavy atom. The van der Waals surface area contributed by atoms with Gasteiger partial charge in [0.15, 0.2) is 5.13 Å². The number of nitrogens with zero attached hydrogens (tertiary/aromatic N) is 2. The van der Waals surface area contributed by atoms with Crippen LogP contribution in [0.5, 0.6) is 0 Å². The predicted molar refractivity (Wildman–Crippen MR) is 58.2 cm³/mol. The molecule has 0 radical (unpaired) electrons. The average Bonchev–Trinajstić information content (AvgIpc) is 2.60. The molecule has 0 fully saturated rings. The van der Waals surface area contributed by atoms with Crippen molar-refractivity contribution in [3.63, 3.8) is 0 Å². The Balaban J connectivity index is 2.29. The van der Waals surface area contributed by atoms with Crippen molar-refractivity contribution in [2.45, 2.75) is 25.9 Å². The molecule has 1 aromatic rings. The van der Waals surface area contributed by atoms with Gasteiger partial charge in [-0.1, -0.05) is 0 Å². The maximum atomic E-state index is 10.3. The zero-order chi connectivity index (χ0) is 11.3. The second-order valence-electron chi connectivity index (χ2n) is 3.18. The van der Waals surface area contributed by atoms with Crippen molar-refractivity contribution in [1.29, 1.82) is 0 Å². The molecule has 1 atom stereocenters. The number of thiazole rings is 1. The van der Waals surface area contributed by atoms with Crippen molar-refractivity contribution in [2.24, 2.45) is 0 Å². The molecule has 7 heteroatoms. The summed E-state index contributed by atoms with van der Waals surface area (Å²) in [6.45, 7) is 2.39. The van der Waals surface area contributed by atoms with E-state index in [1.165, 1.54) is 6.20 Å². The van der Waals surface area contributed by atoms with Crippen LogP contribution in [0.3, 0.4) is 0 Å². The van der Waals surface area contributed by atoms with Crippen LogP contribution in [0.15, 0.2) is 6.20 Å². The lowest BCUT2D eigenvalue weighted by atomic mass is 10.2. The monoisotopic (exact) mass is 231 g/mol. The van der Waals surface area contributed by atoms with Gasteiger partial charge in [0.05, 0.1) is 11.0 Å². The van der Waals surface area contributed by atoms with Gasteiger partial charge in [0.25, 0.3) is 0 Å². The fraction of sp³-hybridized carbons (Fsp3) is 0.625. The molecule has 84 valence electrons. The molecular formula is C8H13N3O3S. The number of nitro groups is 1. The third-order valence-corrected chi connectivity index (χ3v) is 2.66. The van der Waals surface area contributed by atoms with E-state index in [2.05, 4.69) is 10.3 Å². The lowest BCUT2D eigenvalue weighted by Gasteiger charge is -2.03. The predicted octanol–water partition coefficient (Wildman–Crippen LogP) is 1.62. The third kappa shape index (κ3) is 4.22. The summed E-state index contributed by atoms with van der Waals surface area (Å²) >= 11 is 1.02. The number of hydrogen-bond acceptors (Lipinski definition) is 6. The molecule has 0 aliphatic carbocycles. The lowest BCUT2D eigenvalue weighted by molar-refractivity contribution is -0.380. The van der Waals surface area contributed by atoms with E-state index in [1.807, 2.05) is 0 Å². The molecule has 1 aromatic heterocycles. The number of aliphatic hydroxyl groups excluding tert-OH is 1. The molecular weight excluding hydrogens is 218 g/mol. The number of rotatable bonds is 6. The first-order valence-corrected chi connectivity index (χ1v) is 5.43. The van der Waals surface area contributed by atoms with Crippen molar-refractivity contribution in [1.82, 2.24) is 4.98 Å². The van der Waals surface area contributed by atoms with E-state index >= 15 is 0 Å². The lowest BCUT2D eigenvalue weighted by Crippen LogP contribution is -2.06. The SMILES string of the molecule is CC(O)CCCNc1ncc([N+](=O)[O-])s1. The fourth-order valence-corrected chi connectivity index (χ4v) is 1.68. The van der Waals surface area contributed by atoms with Gasteiger partial charge >= 0.3 is 5.00 Å². The van der Waals surface area contributed by atoms with Gasteiger partial charge in [-0.15, -0.1) is 0 Å². The van der Waals surface area contributed by atoms with E-state index in [0.29, 0.717) is 18.1 Å². The maximum absolute atomic E-state index is 10.3. The van der Waals surface area contributed by atoms with Crippen LogP contribution >= 0.6 is 11.3 Å². The topological polar surface area (TPSA) is 88.3 Å². The van der Waals surface area contributed by atoms with Gasteiger partial charge in [-0.3, -0.25) is 10.1 Å². The second kappa shape index (κ2) is 5.62. The quantitative estimate of drug-likeness (QED) is 0.441. The van der Waals surface area contributed by atoms with E-state index in [-0.39, 0.29) is 11.1 Å². The standard InChI is InChI=1S/C8H13N3O3S/c1-6(12)3-2-4-9-8-10-5-7(15-8)11(13)14/h5-6,12H,2-4H2,1H3,(H,9,10). The summed E-state index contributed by atoms with van der Waals surface area (Å²) in [5, 5.41) is 22.9. The van der Waals surface area contributed by atoms with Crippen molar-refractivity contribution in [3.8, 4) is 0 Å². The number of aliphatic hydroxyl groups is 1. The molecule has 1 unspecified atom stereocenters. The smallest absolute Gasteiger partial charge is 0.345 e. The largest absolute Gasteiger partial charge is 0.393 e. The van der Waals surface area contributed by atoms with Crippen LogP contribution in [0.1, 0.15) is 19.8 Å². The number of nitrogens with one attached hydrogen (secondary N) is 1. The summed E-state index contributed by atoms with van der Waals surface area (Å²) in [5.41, 5.74) is 0. The molecule has 0 saturated carbocycles. The minimum absolute atomic E-state index is 0.0352. The highest BCUT2D eigenvalue weighted by Gasteiger charge is 2.10. The highest BCUT2D eigenvalue weighted by Crippen LogP contribution is 2.24. The molecule has 6 nitrogen and oxygen atoms in total. The molecule has 0 spiro atoms. The molecule has 0 aromatic carbocycles. The van der Waals surface area contributed by atoms with Crippen LogP contribution in [0, 0.1) is 10.1 Å². The Hall–Kier alpha value is -1.21. The molecule has 0 aliphatic heterocycles. The Bertz CT molecular complexity index is 327. The van der Waals surface area contributed by atoms with Gasteiger partial charge in [0.1, 0.15) is 6.20 Å². The zero-order valence-corrected chi connectivity index (χ0v) is 9.16. The fourth-order valence-electron chi connectivity index (χ4n) is 1.02. The number of aromatic nitrogens is 1. The summed E-state index contributed by atoms with van der Waals surface area (Å²) < 4.78 is 0. The Morgan fingerprint density at radius 1 is 1.80 bits per heavy atom. The summed E-state index contributed by atoms with van der Waals surface area (Å²) in [6, 6.07) is 0. The highest BCUT2D eigenvalue weighted by atomic mass is 32.1. The molecule has 0 bridgehead atoms. The Morgan fingerprint density at radius 3 is 3.07 bits per heavy atom. The molecule has 0 amide bonds. The van der Waals surface area contributed by atoms with Crippen LogP contribution in [-0.2, 0) is 0 Å². The highest BCUT2D eigenvalue weighted by molar-refractivity contribution is 7.18. The van der Waals surface area contributed by atoms with Crippen LogP contribution in [0.4, 0.5) is 10.1 Å². The van der Waals surface area contributed by atoms with E-state index in [1.54, 1.807) is 6.92 Å². The van der Waals surface area contributed by atoms with Crippen molar-refractivity contribution >= 4 is 21.5 Å². The van der Waals surface area contributed by atoms with Crippen LogP contribution in [0.2, 0.25) is 0 Å². The average molecular weight is 231 g/mol. The molecule has 0 aliphatic rings. The Labute approximate surface area is 91.1 Å². The third-order valence-electron chi connectivity index (χ3n) is 1.75. The minimum Gasteiger partial charge on any atom is -0.393 e. The zero-order valence-electron chi connectivity index (χ0n) is 8.34. The van der Waals surface area contributed by atoms with E-state index in [0.717, 1.165) is 17.8 Å². The summed E-state index contributed by atoms with van der Waals surface area (Å²) in [4.78, 5) is 13.7. The van der Waals surface area contributed by atoms with Gasteiger partial charge in [-0.2, -0.15) is 0 Å². The van der Waals surface area contributed by atoms with Crippen LogP contribution in [0.25, 0.3) is 0 Å². The molecule has 0 saturated heterocycles. The van der Waals surface area contributed by atoms with Gasteiger partial charge in [0.2, 0.25) is 0 Å². The molecule has 2 N–H and O–H groups in total. The Kier molecular flexibility index (Phi) is 4.44.